The molecule has 0 bridgehead atoms. The minimum absolute atomic E-state index is 0.203. The molecule has 0 heterocycles. The molecule has 12 nitrogen and oxygen atoms in total. The summed E-state index contributed by atoms with van der Waals surface area (Å²) >= 11 is 0. The maximum atomic E-state index is 10.8. The molecule has 0 saturated carbocycles. The van der Waals surface area contributed by atoms with Crippen LogP contribution in [0.3, 0.4) is 0 Å². The Labute approximate surface area is 215 Å². The highest BCUT2D eigenvalue weighted by Gasteiger charge is 1.97. The van der Waals surface area contributed by atoms with Crippen molar-refractivity contribution in [3.8, 4) is 0 Å². The third kappa shape index (κ3) is 30.8. The molecule has 0 aliphatic heterocycles. The van der Waals surface area contributed by atoms with Crippen molar-refractivity contribution in [2.75, 3.05) is 139 Å². The van der Waals surface area contributed by atoms with E-state index >= 15 is 0 Å². The molecule has 214 valence electrons. The van der Waals surface area contributed by atoms with Gasteiger partial charge in [0.2, 0.25) is 0 Å². The van der Waals surface area contributed by atoms with E-state index in [0.717, 1.165) is 12.6 Å². The summed E-state index contributed by atoms with van der Waals surface area (Å²) in [7, 11) is 1.89. The molecule has 1 N–H and O–H groups in total. The maximum absolute atomic E-state index is 10.8. The summed E-state index contributed by atoms with van der Waals surface area (Å²) in [6.45, 7) is 13.5. The number of nitrogens with one attached hydrogen (secondary N) is 1. The first-order valence-corrected chi connectivity index (χ1v) is 12.4. The van der Waals surface area contributed by atoms with E-state index in [2.05, 4.69) is 11.9 Å². The molecule has 0 unspecified atom stereocenters. The fourth-order valence-electron chi connectivity index (χ4n) is 2.30. The highest BCUT2D eigenvalue weighted by molar-refractivity contribution is 5.81. The fourth-order valence-corrected chi connectivity index (χ4v) is 2.30. The van der Waals surface area contributed by atoms with Gasteiger partial charge >= 0.3 is 5.97 Å². The molecule has 0 fully saturated rings. The van der Waals surface area contributed by atoms with Crippen molar-refractivity contribution in [2.45, 2.75) is 0 Å². The first-order valence-electron chi connectivity index (χ1n) is 12.4. The Balaban J connectivity index is 3.03. The second-order valence-corrected chi connectivity index (χ2v) is 6.99. The molecule has 0 radical (unpaired) electrons. The first-order chi connectivity index (χ1) is 17.8. The van der Waals surface area contributed by atoms with Crippen molar-refractivity contribution in [3.05, 3.63) is 12.7 Å². The van der Waals surface area contributed by atoms with Gasteiger partial charge in [0.25, 0.3) is 0 Å². The smallest absolute Gasteiger partial charge is 0.330 e. The van der Waals surface area contributed by atoms with E-state index in [-0.39, 0.29) is 6.61 Å². The number of carbonyl (C=O) groups is 1. The standard InChI is InChI=1S/C24H47NO11/c1-3-24(26)36-23-22-35-21-20-34-19-18-33-17-16-32-15-14-31-13-12-30-11-10-29-9-8-28-7-6-27-5-4-25-2/h3,25H,1,4-23H2,2H3. The quantitative estimate of drug-likeness (QED) is 0.0750. The highest BCUT2D eigenvalue weighted by atomic mass is 16.6. The van der Waals surface area contributed by atoms with Crippen LogP contribution in [-0.2, 0) is 52.2 Å². The average molecular weight is 526 g/mol. The van der Waals surface area contributed by atoms with Gasteiger partial charge in [-0.15, -0.1) is 0 Å². The molecule has 0 rings (SSSR count). The largest absolute Gasteiger partial charge is 0.460 e. The Morgan fingerprint density at radius 2 is 0.750 bits per heavy atom. The van der Waals surface area contributed by atoms with Gasteiger partial charge in [-0.3, -0.25) is 0 Å². The number of hydrogen-bond acceptors (Lipinski definition) is 12. The van der Waals surface area contributed by atoms with Gasteiger partial charge < -0.3 is 52.7 Å². The maximum Gasteiger partial charge on any atom is 0.330 e. The minimum Gasteiger partial charge on any atom is -0.460 e. The van der Waals surface area contributed by atoms with Gasteiger partial charge in [0.05, 0.1) is 119 Å². The number of esters is 1. The van der Waals surface area contributed by atoms with Crippen LogP contribution in [0.1, 0.15) is 0 Å². The van der Waals surface area contributed by atoms with Gasteiger partial charge in [-0.05, 0) is 7.05 Å². The number of carbonyl (C=O) groups excluding carboxylic acids is 1. The van der Waals surface area contributed by atoms with Gasteiger partial charge in [0.1, 0.15) is 6.61 Å². The summed E-state index contributed by atoms with van der Waals surface area (Å²) in [4.78, 5) is 10.8. The molecule has 0 aromatic rings. The summed E-state index contributed by atoms with van der Waals surface area (Å²) in [5, 5.41) is 3.01. The normalized spacial score (nSPS) is 11.1. The zero-order chi connectivity index (χ0) is 26.2. The van der Waals surface area contributed by atoms with Crippen molar-refractivity contribution >= 4 is 5.97 Å². The molecular weight excluding hydrogens is 478 g/mol. The molecule has 0 saturated heterocycles. The molecular formula is C24H47NO11. The molecule has 0 aromatic carbocycles. The fraction of sp³-hybridized carbons (Fsp3) is 0.875. The van der Waals surface area contributed by atoms with E-state index < -0.39 is 5.97 Å². The molecule has 0 amide bonds. The third-order valence-electron chi connectivity index (χ3n) is 4.11. The molecule has 0 aromatic heterocycles. The SMILES string of the molecule is C=CC(=O)OCCOCCOCCOCCOCCOCCOCCOCCOCCOCCNC. The van der Waals surface area contributed by atoms with Gasteiger partial charge in [0, 0.05) is 12.6 Å². The predicted molar refractivity (Wildman–Crippen MR) is 132 cm³/mol. The molecule has 36 heavy (non-hydrogen) atoms. The molecule has 0 aliphatic rings. The molecule has 0 atom stereocenters. The van der Waals surface area contributed by atoms with Gasteiger partial charge in [0.15, 0.2) is 0 Å². The second kappa shape index (κ2) is 31.8. The van der Waals surface area contributed by atoms with E-state index in [4.69, 9.17) is 47.4 Å². The zero-order valence-electron chi connectivity index (χ0n) is 21.9. The van der Waals surface area contributed by atoms with Crippen LogP contribution in [0.2, 0.25) is 0 Å². The molecule has 12 heteroatoms. The van der Waals surface area contributed by atoms with Crippen LogP contribution in [-0.4, -0.2) is 145 Å². The first kappa shape index (κ1) is 34.8. The Morgan fingerprint density at radius 3 is 1.00 bits per heavy atom. The highest BCUT2D eigenvalue weighted by Crippen LogP contribution is 1.87. The van der Waals surface area contributed by atoms with Gasteiger partial charge in [-0.1, -0.05) is 6.58 Å². The van der Waals surface area contributed by atoms with Crippen molar-refractivity contribution in [1.82, 2.24) is 5.32 Å². The number of rotatable bonds is 31. The topological polar surface area (TPSA) is 121 Å². The van der Waals surface area contributed by atoms with Crippen LogP contribution in [0, 0.1) is 0 Å². The predicted octanol–water partition coefficient (Wildman–Crippen LogP) is 0.0844. The van der Waals surface area contributed by atoms with E-state index in [0.29, 0.717) is 119 Å². The lowest BCUT2D eigenvalue weighted by atomic mass is 10.6. The lowest BCUT2D eigenvalue weighted by Gasteiger charge is -2.09. The van der Waals surface area contributed by atoms with E-state index in [1.807, 2.05) is 7.05 Å². The summed E-state index contributed by atoms with van der Waals surface area (Å²) < 4.78 is 53.3. The Kier molecular flexibility index (Phi) is 30.8. The Morgan fingerprint density at radius 1 is 0.500 bits per heavy atom. The van der Waals surface area contributed by atoms with Crippen LogP contribution in [0.15, 0.2) is 12.7 Å². The Bertz CT molecular complexity index is 458. The third-order valence-corrected chi connectivity index (χ3v) is 4.11. The van der Waals surface area contributed by atoms with Crippen LogP contribution in [0.5, 0.6) is 0 Å². The van der Waals surface area contributed by atoms with Crippen molar-refractivity contribution in [2.24, 2.45) is 0 Å². The van der Waals surface area contributed by atoms with Crippen molar-refractivity contribution < 1.29 is 52.2 Å². The monoisotopic (exact) mass is 525 g/mol. The molecule has 0 aliphatic carbocycles. The second-order valence-electron chi connectivity index (χ2n) is 6.99. The van der Waals surface area contributed by atoms with Gasteiger partial charge in [-0.25, -0.2) is 4.79 Å². The number of likely N-dealkylation sites (N-methyl/N-ethyl adjacent to an activating group) is 1. The van der Waals surface area contributed by atoms with E-state index in [1.165, 1.54) is 0 Å². The van der Waals surface area contributed by atoms with Crippen LogP contribution < -0.4 is 5.32 Å². The number of ether oxygens (including phenoxy) is 10. The summed E-state index contributed by atoms with van der Waals surface area (Å²) in [5.41, 5.74) is 0. The van der Waals surface area contributed by atoms with Gasteiger partial charge in [-0.2, -0.15) is 0 Å². The summed E-state index contributed by atoms with van der Waals surface area (Å²) in [5.74, 6) is -0.456. The lowest BCUT2D eigenvalue weighted by Crippen LogP contribution is -2.17. The summed E-state index contributed by atoms with van der Waals surface area (Å²) in [6, 6.07) is 0. The Hall–Kier alpha value is -1.19. The van der Waals surface area contributed by atoms with Crippen LogP contribution in [0.25, 0.3) is 0 Å². The van der Waals surface area contributed by atoms with Crippen LogP contribution in [0.4, 0.5) is 0 Å². The number of hydrogen-bond donors (Lipinski definition) is 1. The average Bonchev–Trinajstić information content (AvgIpc) is 2.89. The minimum atomic E-state index is -0.456. The summed E-state index contributed by atoms with van der Waals surface area (Å²) in [6.07, 6.45) is 1.12. The van der Waals surface area contributed by atoms with Crippen LogP contribution >= 0.6 is 0 Å². The van der Waals surface area contributed by atoms with Crippen molar-refractivity contribution in [1.29, 1.82) is 0 Å². The van der Waals surface area contributed by atoms with E-state index in [1.54, 1.807) is 0 Å². The van der Waals surface area contributed by atoms with E-state index in [9.17, 15) is 4.79 Å². The zero-order valence-corrected chi connectivity index (χ0v) is 21.9. The molecule has 0 spiro atoms. The van der Waals surface area contributed by atoms with Crippen molar-refractivity contribution in [3.63, 3.8) is 0 Å². The lowest BCUT2D eigenvalue weighted by molar-refractivity contribution is -0.139.